The molecule has 0 unspecified atom stereocenters. The van der Waals surface area contributed by atoms with Crippen LogP contribution in [0, 0.1) is 0 Å². The molecule has 20 heavy (non-hydrogen) atoms. The molecule has 3 nitrogen and oxygen atoms in total. The Kier molecular flexibility index (Phi) is 8.52. The van der Waals surface area contributed by atoms with Gasteiger partial charge in [0.2, 0.25) is 0 Å². The summed E-state index contributed by atoms with van der Waals surface area (Å²) in [5.41, 5.74) is 1.92. The van der Waals surface area contributed by atoms with Gasteiger partial charge in [-0.3, -0.25) is 4.79 Å². The molecule has 1 rings (SSSR count). The molecule has 0 radical (unpaired) electrons. The second-order valence-corrected chi connectivity index (χ2v) is 5.32. The normalized spacial score (nSPS) is 10.4. The van der Waals surface area contributed by atoms with Crippen LogP contribution in [-0.4, -0.2) is 17.6 Å². The Bertz CT molecular complexity index is 373. The van der Waals surface area contributed by atoms with Crippen LogP contribution in [0.1, 0.15) is 57.4 Å². The minimum absolute atomic E-state index is 0.0953. The van der Waals surface area contributed by atoms with Crippen molar-refractivity contribution in [3.05, 3.63) is 29.8 Å². The van der Waals surface area contributed by atoms with Crippen LogP contribution in [0.4, 0.5) is 5.69 Å². The lowest BCUT2D eigenvalue weighted by atomic mass is 10.1. The second-order valence-electron chi connectivity index (χ2n) is 5.32. The van der Waals surface area contributed by atoms with E-state index in [9.17, 15) is 4.79 Å². The molecule has 0 atom stereocenters. The summed E-state index contributed by atoms with van der Waals surface area (Å²) in [4.78, 5) is 10.6. The number of hydrogen-bond acceptors (Lipinski definition) is 2. The minimum atomic E-state index is -0.784. The third-order valence-electron chi connectivity index (χ3n) is 3.42. The molecule has 0 bridgehead atoms. The average Bonchev–Trinajstić information content (AvgIpc) is 2.43. The van der Waals surface area contributed by atoms with Crippen molar-refractivity contribution in [2.45, 2.75) is 58.3 Å². The van der Waals surface area contributed by atoms with Gasteiger partial charge < -0.3 is 10.4 Å². The highest BCUT2D eigenvalue weighted by Gasteiger charge is 1.99. The van der Waals surface area contributed by atoms with E-state index >= 15 is 0 Å². The first-order chi connectivity index (χ1) is 9.72. The van der Waals surface area contributed by atoms with Gasteiger partial charge in [-0.25, -0.2) is 0 Å². The molecule has 0 aromatic heterocycles. The molecular weight excluding hydrogens is 250 g/mol. The number of unbranched alkanes of at least 4 members (excludes halogenated alkanes) is 6. The van der Waals surface area contributed by atoms with E-state index in [4.69, 9.17) is 5.11 Å². The highest BCUT2D eigenvalue weighted by atomic mass is 16.4. The van der Waals surface area contributed by atoms with Crippen molar-refractivity contribution >= 4 is 11.7 Å². The Morgan fingerprint density at radius 1 is 1.00 bits per heavy atom. The number of carbonyl (C=O) groups is 1. The van der Waals surface area contributed by atoms with E-state index in [1.54, 1.807) is 0 Å². The van der Waals surface area contributed by atoms with Crippen molar-refractivity contribution in [3.8, 4) is 0 Å². The zero-order valence-corrected chi connectivity index (χ0v) is 12.5. The number of rotatable bonds is 11. The Balaban J connectivity index is 2.08. The summed E-state index contributed by atoms with van der Waals surface area (Å²) >= 11 is 0. The summed E-state index contributed by atoms with van der Waals surface area (Å²) in [6.45, 7) is 3.23. The number of nitrogens with one attached hydrogen (secondary N) is 1. The Labute approximate surface area is 122 Å². The van der Waals surface area contributed by atoms with Crippen molar-refractivity contribution in [2.75, 3.05) is 11.9 Å². The summed E-state index contributed by atoms with van der Waals surface area (Å²) in [5.74, 6) is -0.784. The predicted molar refractivity (Wildman–Crippen MR) is 84.3 cm³/mol. The van der Waals surface area contributed by atoms with Crippen LogP contribution in [0.5, 0.6) is 0 Å². The molecule has 0 fully saturated rings. The van der Waals surface area contributed by atoms with Crippen LogP contribution < -0.4 is 5.32 Å². The van der Waals surface area contributed by atoms with Gasteiger partial charge in [0.25, 0.3) is 0 Å². The summed E-state index contributed by atoms with van der Waals surface area (Å²) in [6.07, 6.45) is 9.31. The van der Waals surface area contributed by atoms with Gasteiger partial charge in [0.15, 0.2) is 0 Å². The SMILES string of the molecule is CCCCCCCCCNc1ccc(CC(=O)O)cc1. The molecule has 1 aromatic rings. The zero-order chi connectivity index (χ0) is 14.6. The topological polar surface area (TPSA) is 49.3 Å². The van der Waals surface area contributed by atoms with Crippen LogP contribution in [-0.2, 0) is 11.2 Å². The van der Waals surface area contributed by atoms with E-state index < -0.39 is 5.97 Å². The predicted octanol–water partition coefficient (Wildman–Crippen LogP) is 4.48. The van der Waals surface area contributed by atoms with E-state index in [-0.39, 0.29) is 6.42 Å². The van der Waals surface area contributed by atoms with E-state index in [0.717, 1.165) is 17.8 Å². The molecule has 0 amide bonds. The lowest BCUT2D eigenvalue weighted by Gasteiger charge is -2.07. The fourth-order valence-electron chi connectivity index (χ4n) is 2.23. The van der Waals surface area contributed by atoms with E-state index in [2.05, 4.69) is 12.2 Å². The maximum atomic E-state index is 10.6. The van der Waals surface area contributed by atoms with E-state index in [1.807, 2.05) is 24.3 Å². The summed E-state index contributed by atoms with van der Waals surface area (Å²) in [5, 5.41) is 12.1. The Hall–Kier alpha value is -1.51. The lowest BCUT2D eigenvalue weighted by molar-refractivity contribution is -0.136. The number of anilines is 1. The highest BCUT2D eigenvalue weighted by Crippen LogP contribution is 2.11. The molecule has 3 heteroatoms. The van der Waals surface area contributed by atoms with Crippen LogP contribution in [0.25, 0.3) is 0 Å². The summed E-state index contributed by atoms with van der Waals surface area (Å²) in [6, 6.07) is 7.67. The number of hydrogen-bond donors (Lipinski definition) is 2. The Morgan fingerprint density at radius 3 is 2.20 bits per heavy atom. The molecule has 112 valence electrons. The minimum Gasteiger partial charge on any atom is -0.481 e. The van der Waals surface area contributed by atoms with Crippen molar-refractivity contribution in [2.24, 2.45) is 0 Å². The van der Waals surface area contributed by atoms with Gasteiger partial charge in [-0.1, -0.05) is 57.6 Å². The summed E-state index contributed by atoms with van der Waals surface area (Å²) < 4.78 is 0. The van der Waals surface area contributed by atoms with Gasteiger partial charge >= 0.3 is 5.97 Å². The van der Waals surface area contributed by atoms with Crippen LogP contribution in [0.15, 0.2) is 24.3 Å². The third kappa shape index (κ3) is 7.82. The molecule has 0 aliphatic rings. The van der Waals surface area contributed by atoms with Crippen LogP contribution in [0.2, 0.25) is 0 Å². The van der Waals surface area contributed by atoms with E-state index in [0.29, 0.717) is 0 Å². The lowest BCUT2D eigenvalue weighted by Crippen LogP contribution is -2.03. The number of carboxylic acids is 1. The zero-order valence-electron chi connectivity index (χ0n) is 12.5. The first-order valence-electron chi connectivity index (χ1n) is 7.77. The molecule has 0 aliphatic heterocycles. The quantitative estimate of drug-likeness (QED) is 0.586. The largest absolute Gasteiger partial charge is 0.481 e. The standard InChI is InChI=1S/C17H27NO2/c1-2-3-4-5-6-7-8-13-18-16-11-9-15(10-12-16)14-17(19)20/h9-12,18H,2-8,13-14H2,1H3,(H,19,20). The monoisotopic (exact) mass is 277 g/mol. The molecule has 0 spiro atoms. The molecule has 0 aliphatic carbocycles. The maximum absolute atomic E-state index is 10.6. The molecule has 1 aromatic carbocycles. The fourth-order valence-corrected chi connectivity index (χ4v) is 2.23. The van der Waals surface area contributed by atoms with Crippen molar-refractivity contribution < 1.29 is 9.90 Å². The fraction of sp³-hybridized carbons (Fsp3) is 0.588. The third-order valence-corrected chi connectivity index (χ3v) is 3.42. The highest BCUT2D eigenvalue weighted by molar-refractivity contribution is 5.70. The van der Waals surface area contributed by atoms with Crippen molar-refractivity contribution in [3.63, 3.8) is 0 Å². The molecular formula is C17H27NO2. The Morgan fingerprint density at radius 2 is 1.60 bits per heavy atom. The molecule has 2 N–H and O–H groups in total. The molecule has 0 saturated heterocycles. The number of carboxylic acid groups (broad SMARTS) is 1. The van der Waals surface area contributed by atoms with Crippen LogP contribution >= 0.6 is 0 Å². The van der Waals surface area contributed by atoms with Crippen molar-refractivity contribution in [1.82, 2.24) is 0 Å². The smallest absolute Gasteiger partial charge is 0.307 e. The van der Waals surface area contributed by atoms with Gasteiger partial charge in [-0.15, -0.1) is 0 Å². The van der Waals surface area contributed by atoms with Crippen molar-refractivity contribution in [1.29, 1.82) is 0 Å². The number of aliphatic carboxylic acids is 1. The van der Waals surface area contributed by atoms with Crippen LogP contribution in [0.3, 0.4) is 0 Å². The van der Waals surface area contributed by atoms with Gasteiger partial charge in [-0.2, -0.15) is 0 Å². The number of benzene rings is 1. The van der Waals surface area contributed by atoms with Gasteiger partial charge in [0.1, 0.15) is 0 Å². The average molecular weight is 277 g/mol. The van der Waals surface area contributed by atoms with Gasteiger partial charge in [0, 0.05) is 12.2 Å². The summed E-state index contributed by atoms with van der Waals surface area (Å²) in [7, 11) is 0. The molecule has 0 saturated carbocycles. The van der Waals surface area contributed by atoms with Gasteiger partial charge in [0.05, 0.1) is 6.42 Å². The maximum Gasteiger partial charge on any atom is 0.307 e. The van der Waals surface area contributed by atoms with Gasteiger partial charge in [-0.05, 0) is 24.1 Å². The first kappa shape index (κ1) is 16.5. The molecule has 0 heterocycles. The first-order valence-corrected chi connectivity index (χ1v) is 7.77. The second kappa shape index (κ2) is 10.3. The van der Waals surface area contributed by atoms with E-state index in [1.165, 1.54) is 44.9 Å².